The summed E-state index contributed by atoms with van der Waals surface area (Å²) in [7, 11) is 3.85. The number of aliphatic hydroxyl groups excluding tert-OH is 1. The zero-order chi connectivity index (χ0) is 20.8. The molecule has 1 atom stereocenters. The third kappa shape index (κ3) is 5.43. The second-order valence-electron chi connectivity index (χ2n) is 6.70. The number of anilines is 2. The van der Waals surface area contributed by atoms with E-state index in [0.29, 0.717) is 5.69 Å². The first-order valence-corrected chi connectivity index (χ1v) is 9.94. The predicted octanol–water partition coefficient (Wildman–Crippen LogP) is 3.15. The maximum Gasteiger partial charge on any atom is 0.313 e. The van der Waals surface area contributed by atoms with E-state index in [4.69, 9.17) is 0 Å². The third-order valence-electron chi connectivity index (χ3n) is 4.34. The fourth-order valence-corrected chi connectivity index (χ4v) is 3.68. The number of benzene rings is 2. The van der Waals surface area contributed by atoms with Gasteiger partial charge < -0.3 is 20.6 Å². The maximum atomic E-state index is 12.1. The van der Waals surface area contributed by atoms with Crippen molar-refractivity contribution in [1.29, 1.82) is 0 Å². The van der Waals surface area contributed by atoms with Crippen LogP contribution >= 0.6 is 11.3 Å². The molecule has 150 valence electrons. The van der Waals surface area contributed by atoms with Crippen molar-refractivity contribution in [3.05, 3.63) is 82.0 Å². The fraction of sp³-hybridized carbons (Fsp3) is 0.182. The lowest BCUT2D eigenvalue weighted by molar-refractivity contribution is -0.136. The Hall–Kier alpha value is -3.16. The summed E-state index contributed by atoms with van der Waals surface area (Å²) in [5.41, 5.74) is 2.36. The summed E-state index contributed by atoms with van der Waals surface area (Å²) < 4.78 is 0. The van der Waals surface area contributed by atoms with Gasteiger partial charge in [0.05, 0.1) is 6.54 Å². The van der Waals surface area contributed by atoms with Crippen LogP contribution in [0.15, 0.2) is 66.7 Å². The molecule has 0 aliphatic carbocycles. The normalized spacial score (nSPS) is 11.6. The number of nitrogens with zero attached hydrogens (tertiary/aromatic N) is 1. The highest BCUT2D eigenvalue weighted by atomic mass is 32.1. The van der Waals surface area contributed by atoms with Crippen LogP contribution in [0.5, 0.6) is 0 Å². The van der Waals surface area contributed by atoms with E-state index in [-0.39, 0.29) is 6.54 Å². The smallest absolute Gasteiger partial charge is 0.313 e. The maximum absolute atomic E-state index is 12.1. The molecule has 3 N–H and O–H groups in total. The van der Waals surface area contributed by atoms with Gasteiger partial charge in [0.1, 0.15) is 6.10 Å². The Morgan fingerprint density at radius 3 is 2.31 bits per heavy atom. The van der Waals surface area contributed by atoms with Crippen molar-refractivity contribution < 1.29 is 14.7 Å². The first-order chi connectivity index (χ1) is 13.9. The standard InChI is InChI=1S/C22H23N3O3S/c1-25(2)17-10-8-16(9-11-17)24-22(28)21(27)23-14-18-12-13-19(29-18)20(26)15-6-4-3-5-7-15/h3-13,20,26H,14H2,1-2H3,(H,23,27)(H,24,28)/t20-/m0/s1. The van der Waals surface area contributed by atoms with Gasteiger partial charge in [-0.2, -0.15) is 0 Å². The molecule has 3 aromatic rings. The van der Waals surface area contributed by atoms with Crippen molar-refractivity contribution in [2.75, 3.05) is 24.3 Å². The average Bonchev–Trinajstić information content (AvgIpc) is 3.21. The van der Waals surface area contributed by atoms with Crippen molar-refractivity contribution >= 4 is 34.5 Å². The minimum absolute atomic E-state index is 0.220. The van der Waals surface area contributed by atoms with Gasteiger partial charge in [0.15, 0.2) is 0 Å². The largest absolute Gasteiger partial charge is 0.383 e. The molecule has 0 fully saturated rings. The Morgan fingerprint density at radius 1 is 0.966 bits per heavy atom. The molecule has 0 spiro atoms. The Bertz CT molecular complexity index is 968. The molecular weight excluding hydrogens is 386 g/mol. The molecule has 0 aliphatic rings. The number of carbonyl (C=O) groups excluding carboxylic acids is 2. The van der Waals surface area contributed by atoms with Crippen LogP contribution in [0.2, 0.25) is 0 Å². The van der Waals surface area contributed by atoms with Crippen molar-refractivity contribution in [3.8, 4) is 0 Å². The molecule has 1 heterocycles. The summed E-state index contributed by atoms with van der Waals surface area (Å²) in [6, 6.07) is 20.3. The Balaban J connectivity index is 1.52. The van der Waals surface area contributed by atoms with E-state index in [2.05, 4.69) is 10.6 Å². The Kier molecular flexibility index (Phi) is 6.64. The number of hydrogen-bond donors (Lipinski definition) is 3. The monoisotopic (exact) mass is 409 g/mol. The van der Waals surface area contributed by atoms with Crippen LogP contribution in [-0.4, -0.2) is 31.0 Å². The van der Waals surface area contributed by atoms with Crippen LogP contribution in [0, 0.1) is 0 Å². The lowest BCUT2D eigenvalue weighted by atomic mass is 10.1. The molecule has 1 aromatic heterocycles. The van der Waals surface area contributed by atoms with Gasteiger partial charge in [0, 0.05) is 35.2 Å². The number of amides is 2. The quantitative estimate of drug-likeness (QED) is 0.546. The van der Waals surface area contributed by atoms with Gasteiger partial charge in [0.2, 0.25) is 0 Å². The van der Waals surface area contributed by atoms with E-state index in [1.165, 1.54) is 11.3 Å². The first-order valence-electron chi connectivity index (χ1n) is 9.12. The van der Waals surface area contributed by atoms with Crippen molar-refractivity contribution in [2.24, 2.45) is 0 Å². The zero-order valence-corrected chi connectivity index (χ0v) is 17.1. The van der Waals surface area contributed by atoms with Crippen molar-refractivity contribution in [1.82, 2.24) is 5.32 Å². The van der Waals surface area contributed by atoms with Crippen LogP contribution in [-0.2, 0) is 16.1 Å². The Labute approximate surface area is 173 Å². The number of rotatable bonds is 6. The van der Waals surface area contributed by atoms with E-state index < -0.39 is 17.9 Å². The van der Waals surface area contributed by atoms with Gasteiger partial charge in [-0.15, -0.1) is 11.3 Å². The van der Waals surface area contributed by atoms with Crippen LogP contribution in [0.1, 0.15) is 21.4 Å². The summed E-state index contributed by atoms with van der Waals surface area (Å²) >= 11 is 1.40. The number of carbonyl (C=O) groups is 2. The van der Waals surface area contributed by atoms with Crippen LogP contribution in [0.25, 0.3) is 0 Å². The van der Waals surface area contributed by atoms with E-state index in [0.717, 1.165) is 21.0 Å². The molecular formula is C22H23N3O3S. The molecule has 2 amide bonds. The van der Waals surface area contributed by atoms with Crippen molar-refractivity contribution in [3.63, 3.8) is 0 Å². The van der Waals surface area contributed by atoms with Gasteiger partial charge in [-0.25, -0.2) is 0 Å². The lowest BCUT2D eigenvalue weighted by Gasteiger charge is -2.13. The van der Waals surface area contributed by atoms with Crippen LogP contribution in [0.3, 0.4) is 0 Å². The second-order valence-corrected chi connectivity index (χ2v) is 7.90. The highest BCUT2D eigenvalue weighted by Gasteiger charge is 2.16. The van der Waals surface area contributed by atoms with Gasteiger partial charge in [0.25, 0.3) is 0 Å². The summed E-state index contributed by atoms with van der Waals surface area (Å²) in [4.78, 5) is 27.7. The topological polar surface area (TPSA) is 81.7 Å². The molecule has 0 radical (unpaired) electrons. The molecule has 6 nitrogen and oxygen atoms in total. The first kappa shape index (κ1) is 20.6. The summed E-state index contributed by atoms with van der Waals surface area (Å²) in [5, 5.41) is 15.6. The Morgan fingerprint density at radius 2 is 1.66 bits per heavy atom. The lowest BCUT2D eigenvalue weighted by Crippen LogP contribution is -2.34. The molecule has 0 saturated heterocycles. The van der Waals surface area contributed by atoms with E-state index in [9.17, 15) is 14.7 Å². The second kappa shape index (κ2) is 9.36. The summed E-state index contributed by atoms with van der Waals surface area (Å²) in [5.74, 6) is -1.43. The number of aliphatic hydroxyl groups is 1. The minimum atomic E-state index is -0.719. The SMILES string of the molecule is CN(C)c1ccc(NC(=O)C(=O)NCc2ccc([C@@H](O)c3ccccc3)s2)cc1. The van der Waals surface area contributed by atoms with E-state index in [1.807, 2.05) is 73.6 Å². The van der Waals surface area contributed by atoms with Crippen LogP contribution in [0.4, 0.5) is 11.4 Å². The predicted molar refractivity (Wildman–Crippen MR) is 116 cm³/mol. The molecule has 0 unspecified atom stereocenters. The number of nitrogens with one attached hydrogen (secondary N) is 2. The molecule has 29 heavy (non-hydrogen) atoms. The highest BCUT2D eigenvalue weighted by molar-refractivity contribution is 7.12. The molecule has 0 saturated carbocycles. The fourth-order valence-electron chi connectivity index (χ4n) is 2.71. The van der Waals surface area contributed by atoms with Gasteiger partial charge in [-0.05, 0) is 42.0 Å². The minimum Gasteiger partial charge on any atom is -0.383 e. The van der Waals surface area contributed by atoms with E-state index >= 15 is 0 Å². The summed E-state index contributed by atoms with van der Waals surface area (Å²) in [6.45, 7) is 0.220. The number of thiophene rings is 1. The van der Waals surface area contributed by atoms with Crippen LogP contribution < -0.4 is 15.5 Å². The van der Waals surface area contributed by atoms with Crippen molar-refractivity contribution in [2.45, 2.75) is 12.6 Å². The summed E-state index contributed by atoms with van der Waals surface area (Å²) in [6.07, 6.45) is -0.709. The van der Waals surface area contributed by atoms with Gasteiger partial charge in [-0.1, -0.05) is 30.3 Å². The molecule has 3 rings (SSSR count). The molecule has 2 aromatic carbocycles. The zero-order valence-electron chi connectivity index (χ0n) is 16.3. The molecule has 0 bridgehead atoms. The highest BCUT2D eigenvalue weighted by Crippen LogP contribution is 2.28. The van der Waals surface area contributed by atoms with Gasteiger partial charge in [-0.3, -0.25) is 9.59 Å². The molecule has 7 heteroatoms. The van der Waals surface area contributed by atoms with Gasteiger partial charge >= 0.3 is 11.8 Å². The number of hydrogen-bond acceptors (Lipinski definition) is 5. The average molecular weight is 410 g/mol. The molecule has 0 aliphatic heterocycles. The van der Waals surface area contributed by atoms with E-state index in [1.54, 1.807) is 12.1 Å². The third-order valence-corrected chi connectivity index (χ3v) is 5.48.